The molecule has 0 atom stereocenters. The quantitative estimate of drug-likeness (QED) is 0.0290. The number of thioether (sulfide) groups is 1. The number of aromatic nitrogens is 12. The zero-order valence-corrected chi connectivity index (χ0v) is 98.9. The number of nitrogens with zero attached hydrogens (tertiary/aromatic N) is 12. The molecule has 4 aliphatic heterocycles. The number of pyridine rings is 12. The fourth-order valence-corrected chi connectivity index (χ4v) is 17.1. The van der Waals surface area contributed by atoms with Crippen molar-refractivity contribution < 1.29 is 119 Å². The number of halogens is 9. The second-order valence-corrected chi connectivity index (χ2v) is 49.6. The van der Waals surface area contributed by atoms with Crippen LogP contribution in [0, 0.1) is 6.92 Å². The van der Waals surface area contributed by atoms with Gasteiger partial charge in [0.15, 0.2) is 59.5 Å². The number of fused-ring (bicyclic) bond motifs is 6. The van der Waals surface area contributed by atoms with Crippen molar-refractivity contribution in [3.8, 4) is 22.6 Å². The van der Waals surface area contributed by atoms with Crippen LogP contribution in [0.25, 0.3) is 66.5 Å². The third-order valence-electron chi connectivity index (χ3n) is 24.0. The van der Waals surface area contributed by atoms with Gasteiger partial charge in [0, 0.05) is 139 Å². The Balaban J connectivity index is 0.000000211. The predicted octanol–water partition coefficient (Wildman–Crippen LogP) is 16.3. The van der Waals surface area contributed by atoms with E-state index >= 15 is 0 Å². The molecule has 50 heteroatoms. The molecule has 0 aliphatic carbocycles. The molecule has 0 unspecified atom stereocenters. The summed E-state index contributed by atoms with van der Waals surface area (Å²) in [6, 6.07) is 45.5. The summed E-state index contributed by atoms with van der Waals surface area (Å²) in [5.41, 5.74) is 3.00. The van der Waals surface area contributed by atoms with Gasteiger partial charge in [-0.05, 0) is 321 Å². The predicted molar refractivity (Wildman–Crippen MR) is 583 cm³/mol. The zero-order chi connectivity index (χ0) is 110. The second kappa shape index (κ2) is 50.4. The molecule has 776 valence electrons. The summed E-state index contributed by atoms with van der Waals surface area (Å²) in [7, 11) is -16.1. The Labute approximate surface area is 927 Å². The third kappa shape index (κ3) is 32.2. The SMILES string of the molecule is Brc1ccc(Br)nc1.CC1(C)OB(B2OC(C)(C)C(C)(C)O2)OC1(C)C.CC1(C)OB(c2ccc(S(C)(=O)=O)nc2)OC1(C)C.CC1(C)OB(c2ccc(S(C)(=O)=O)nc2)OC1(C)C.CS(=O)(=O)c1ccc(Br)cn1.CSc1ccc(Br)cn1.C[S-].Cc1cccc(-n2c(=O)ccc3cnc4ccc(-c5ccc(S(C)(=O)=O)nc5)nc4c32)c1.O=c1ccc2cnc3ccc(Cl)nc3c2n1-c1cccc(C(F)(F)F)c1.[2H]CF.[Na+]. The molecule has 0 bridgehead atoms. The van der Waals surface area contributed by atoms with Crippen LogP contribution in [0.1, 0.15) is 123 Å². The van der Waals surface area contributed by atoms with E-state index in [1.165, 1.54) is 84.1 Å². The van der Waals surface area contributed by atoms with Crippen molar-refractivity contribution >= 4 is 222 Å². The van der Waals surface area contributed by atoms with E-state index in [1.807, 2.05) is 179 Å². The molecule has 4 fully saturated rings. The number of alkyl halides is 4. The Morgan fingerprint density at radius 1 is 0.415 bits per heavy atom. The van der Waals surface area contributed by atoms with Gasteiger partial charge in [-0.2, -0.15) is 19.4 Å². The normalized spacial score (nSPS) is 16.3. The molecule has 18 rings (SSSR count). The van der Waals surface area contributed by atoms with Crippen molar-refractivity contribution in [2.45, 2.75) is 194 Å². The van der Waals surface area contributed by atoms with Gasteiger partial charge in [0.1, 0.15) is 20.8 Å². The van der Waals surface area contributed by atoms with Crippen molar-refractivity contribution in [2.24, 2.45) is 0 Å². The molecule has 16 heterocycles. The van der Waals surface area contributed by atoms with Gasteiger partial charge in [0.25, 0.3) is 11.1 Å². The van der Waals surface area contributed by atoms with Gasteiger partial charge in [0.05, 0.1) is 91.7 Å². The standard InChI is InChI=1S/C24H18N4O3S.C18H9ClF3N3O.C12H24B2O4.2C12H18BNO4S.C6H6BrNO2S.C6H6BrNS.C5H3Br2N.CH3F.CH4S.Na/c1-15-4-3-5-18(12-15)28-22(29)11-7-17-14-25-20-9-8-19(27-23(20)24(17)28)16-6-10-21(26-13-16)32(2,30)31;19-14-6-5-13-16(24-14)17-10(9-23-13)4-7-15(26)25(17)12-3-1-2-11(8-12)18(20,21)22;1-9(2)10(3,4)16-13(15-9)14-17-11(5,6)12(7,8)18-14;2*1-11(2)12(3,4)18-13(17-11)9-6-7-10(14-8-9)19(5,15)16;1-11(9,10)6-3-2-5(7)4-8-6;1-9-6-3-2-5(7)4-8-6;6-4-1-2-5(7)8-3-4;2*1-2;/h3-14H,1-2H3;1-9H;1-8H3;2*6-8H,1-5H3;2-4H,1H3;2-4H,1H3;1-3H;1H3;2H,1H3;/q;;;;;;;;;;+1/p-1/i;;;;;;;;1D;;. The van der Waals surface area contributed by atoms with E-state index in [1.54, 1.807) is 95.8 Å². The van der Waals surface area contributed by atoms with Gasteiger partial charge in [-0.3, -0.25) is 33.1 Å². The first-order valence-electron chi connectivity index (χ1n) is 44.8. The average Bonchev–Trinajstić information content (AvgIpc) is 1.65. The molecule has 2 aromatic carbocycles. The first kappa shape index (κ1) is 123. The number of rotatable bonds is 11. The average molecular weight is 2420 g/mol. The van der Waals surface area contributed by atoms with Crippen LogP contribution in [0.3, 0.4) is 0 Å². The van der Waals surface area contributed by atoms with Crippen LogP contribution in [0.4, 0.5) is 17.6 Å². The molecule has 0 saturated carbocycles. The molecule has 4 aliphatic rings. The van der Waals surface area contributed by atoms with Crippen molar-refractivity contribution in [1.82, 2.24) is 59.0 Å². The topological polar surface area (TPSA) is 383 Å². The monoisotopic (exact) mass is 2420 g/mol. The summed E-state index contributed by atoms with van der Waals surface area (Å²) in [6.45, 7) is 33.9. The molecule has 0 radical (unpaired) electrons. The maximum atomic E-state index is 13.1. The van der Waals surface area contributed by atoms with E-state index in [9.17, 15) is 60.8 Å². The van der Waals surface area contributed by atoms with Gasteiger partial charge in [-0.15, -0.1) is 11.8 Å². The fraction of sp³-hybridized carbons (Fsp3) is 0.340. The Morgan fingerprint density at radius 3 is 1.11 bits per heavy atom. The Kier molecular flexibility index (Phi) is 42.1. The van der Waals surface area contributed by atoms with Crippen molar-refractivity contribution in [1.29, 1.82) is 0 Å². The van der Waals surface area contributed by atoms with Crippen LogP contribution < -0.4 is 51.6 Å². The Bertz CT molecular complexity index is 7410. The first-order chi connectivity index (χ1) is 68.1. The van der Waals surface area contributed by atoms with Gasteiger partial charge in [0.2, 0.25) is 0 Å². The van der Waals surface area contributed by atoms with Crippen LogP contribution in [0.2, 0.25) is 5.15 Å². The first-order valence-corrected chi connectivity index (χ1v) is 57.2. The van der Waals surface area contributed by atoms with Crippen LogP contribution in [0.5, 0.6) is 0 Å². The van der Waals surface area contributed by atoms with Crippen LogP contribution >= 0.6 is 87.1 Å². The summed E-state index contributed by atoms with van der Waals surface area (Å²) in [5.74, 6) is 0. The van der Waals surface area contributed by atoms with E-state index in [2.05, 4.69) is 121 Å². The Morgan fingerprint density at radius 2 is 0.769 bits per heavy atom. The third-order valence-corrected chi connectivity index (χ3v) is 30.7. The summed E-state index contributed by atoms with van der Waals surface area (Å²) >= 11 is 24.6. The number of hydrogen-bond donors (Lipinski definition) is 0. The van der Waals surface area contributed by atoms with Gasteiger partial charge < -0.3 is 49.9 Å². The van der Waals surface area contributed by atoms with E-state index in [0.29, 0.717) is 60.7 Å². The largest absolute Gasteiger partial charge is 1.00 e. The molecule has 0 N–H and O–H groups in total. The van der Waals surface area contributed by atoms with E-state index < -0.39 is 114 Å². The molecule has 147 heavy (non-hydrogen) atoms. The molecule has 30 nitrogen and oxygen atoms in total. The summed E-state index contributed by atoms with van der Waals surface area (Å²) in [4.78, 5) is 66.9. The van der Waals surface area contributed by atoms with Crippen molar-refractivity contribution in [3.63, 3.8) is 0 Å². The molecule has 4 saturated heterocycles. The minimum Gasteiger partial charge on any atom is -0.796 e. The molecule has 12 aromatic heterocycles. The maximum Gasteiger partial charge on any atom is 1.00 e. The van der Waals surface area contributed by atoms with Crippen LogP contribution in [-0.4, -0.2) is 210 Å². The Hall–Kier alpha value is -7.75. The van der Waals surface area contributed by atoms with Crippen LogP contribution in [-0.2, 0) is 95.4 Å². The maximum absolute atomic E-state index is 13.1. The molecular formula is C97H108B4Br4ClF4N12NaO18S6. The van der Waals surface area contributed by atoms with E-state index in [0.717, 1.165) is 76.8 Å². The number of benzene rings is 2. The minimum atomic E-state index is -4.52. The summed E-state index contributed by atoms with van der Waals surface area (Å²) in [6.07, 6.45) is 16.3. The summed E-state index contributed by atoms with van der Waals surface area (Å²) in [5, 5.41) is 2.79. The van der Waals surface area contributed by atoms with E-state index in [-0.39, 0.29) is 88.5 Å². The van der Waals surface area contributed by atoms with Gasteiger partial charge in [-0.25, -0.2) is 73.5 Å². The van der Waals surface area contributed by atoms with Crippen molar-refractivity contribution in [2.75, 3.05) is 44.7 Å². The fourth-order valence-electron chi connectivity index (χ4n) is 13.4. The molecule has 0 spiro atoms. The minimum absolute atomic E-state index is 0. The number of hydrogen-bond acceptors (Lipinski definition) is 30. The smallest absolute Gasteiger partial charge is 0.796 e. The summed E-state index contributed by atoms with van der Waals surface area (Å²) < 4.78 is 199. The second-order valence-electron chi connectivity index (χ2n) is 37.0. The van der Waals surface area contributed by atoms with E-state index in [4.69, 9.17) is 55.2 Å². The molecule has 0 amide bonds. The number of sulfone groups is 4. The van der Waals surface area contributed by atoms with Gasteiger partial charge in [-0.1, -0.05) is 41.9 Å². The van der Waals surface area contributed by atoms with Gasteiger partial charge >= 0.3 is 64.0 Å². The molecular weight excluding hydrogens is 2310 g/mol. The van der Waals surface area contributed by atoms with Crippen molar-refractivity contribution in [3.05, 3.63) is 274 Å². The molecule has 14 aromatic rings. The number of aryl methyl sites for hydroxylation is 1. The zero-order valence-electron chi connectivity index (χ0n) is 85.9. The van der Waals surface area contributed by atoms with Crippen LogP contribution in [0.15, 0.2) is 272 Å².